The number of hydrogen-bond acceptors (Lipinski definition) is 8. The van der Waals surface area contributed by atoms with E-state index in [1.807, 2.05) is 19.1 Å². The van der Waals surface area contributed by atoms with Gasteiger partial charge in [-0.1, -0.05) is 17.7 Å². The third-order valence-corrected chi connectivity index (χ3v) is 7.12. The summed E-state index contributed by atoms with van der Waals surface area (Å²) in [5.41, 5.74) is 0.940. The van der Waals surface area contributed by atoms with E-state index < -0.39 is 22.5 Å². The second kappa shape index (κ2) is 8.52. The van der Waals surface area contributed by atoms with Crippen molar-refractivity contribution < 1.29 is 22.4 Å². The van der Waals surface area contributed by atoms with E-state index in [-0.39, 0.29) is 17.4 Å². The van der Waals surface area contributed by atoms with Gasteiger partial charge in [0.05, 0.1) is 13.6 Å². The Morgan fingerprint density at radius 2 is 1.93 bits per heavy atom. The Labute approximate surface area is 174 Å². The summed E-state index contributed by atoms with van der Waals surface area (Å²) in [5.74, 6) is -0.283. The van der Waals surface area contributed by atoms with Gasteiger partial charge in [-0.2, -0.15) is 4.31 Å². The molecule has 1 aromatic carbocycles. The van der Waals surface area contributed by atoms with Crippen LogP contribution < -0.4 is 0 Å². The molecule has 3 aromatic rings. The van der Waals surface area contributed by atoms with Crippen molar-refractivity contribution >= 4 is 43.3 Å². The molecule has 0 atom stereocenters. The maximum Gasteiger partial charge on any atom is 0.321 e. The molecule has 0 radical (unpaired) electrons. The molecule has 0 aliphatic heterocycles. The van der Waals surface area contributed by atoms with E-state index in [0.29, 0.717) is 5.89 Å². The fourth-order valence-corrected chi connectivity index (χ4v) is 4.61. The van der Waals surface area contributed by atoms with Crippen LogP contribution in [0.25, 0.3) is 10.8 Å². The quantitative estimate of drug-likeness (QED) is 0.473. The van der Waals surface area contributed by atoms with Crippen LogP contribution in [-0.4, -0.2) is 42.5 Å². The Morgan fingerprint density at radius 3 is 2.57 bits per heavy atom. The van der Waals surface area contributed by atoms with Gasteiger partial charge in [0.25, 0.3) is 11.8 Å². The number of esters is 1. The van der Waals surface area contributed by atoms with Crippen LogP contribution in [0.4, 0.5) is 0 Å². The van der Waals surface area contributed by atoms with Gasteiger partial charge in [0.2, 0.25) is 10.0 Å². The Hall–Kier alpha value is -2.08. The van der Waals surface area contributed by atoms with Crippen LogP contribution in [-0.2, 0) is 26.2 Å². The predicted molar refractivity (Wildman–Crippen MR) is 106 cm³/mol. The molecule has 0 fully saturated rings. The fourth-order valence-electron chi connectivity index (χ4n) is 2.19. The average Bonchev–Trinajstić information content (AvgIpc) is 3.29. The number of aryl methyl sites for hydroxylation is 1. The first-order chi connectivity index (χ1) is 13.3. The number of benzene rings is 1. The van der Waals surface area contributed by atoms with Crippen molar-refractivity contribution in [2.75, 3.05) is 13.6 Å². The van der Waals surface area contributed by atoms with E-state index in [9.17, 15) is 13.2 Å². The van der Waals surface area contributed by atoms with Crippen molar-refractivity contribution in [2.24, 2.45) is 0 Å². The monoisotopic (exact) mass is 485 g/mol. The highest BCUT2D eigenvalue weighted by atomic mass is 79.9. The molecule has 2 heterocycles. The number of halogens is 1. The van der Waals surface area contributed by atoms with Gasteiger partial charge in [0.1, 0.15) is 6.54 Å². The van der Waals surface area contributed by atoms with Gasteiger partial charge in [-0.3, -0.25) is 4.79 Å². The number of ether oxygens (including phenoxy) is 1. The van der Waals surface area contributed by atoms with Gasteiger partial charge in [0.15, 0.2) is 6.61 Å². The van der Waals surface area contributed by atoms with Crippen LogP contribution in [0.3, 0.4) is 0 Å². The van der Waals surface area contributed by atoms with Crippen LogP contribution in [0, 0.1) is 6.92 Å². The lowest BCUT2D eigenvalue weighted by Crippen LogP contribution is -2.33. The molecule has 0 unspecified atom stereocenters. The first-order valence-electron chi connectivity index (χ1n) is 8.02. The van der Waals surface area contributed by atoms with Gasteiger partial charge in [-0.05, 0) is 47.1 Å². The summed E-state index contributed by atoms with van der Waals surface area (Å²) in [6, 6.07) is 10.1. The highest BCUT2D eigenvalue weighted by Gasteiger charge is 2.24. The number of carbonyl (C=O) groups is 1. The minimum absolute atomic E-state index is 0.108. The third kappa shape index (κ3) is 4.85. The molecule has 0 aliphatic rings. The molecule has 0 spiro atoms. The molecule has 0 saturated heterocycles. The van der Waals surface area contributed by atoms with Crippen molar-refractivity contribution in [1.29, 1.82) is 0 Å². The minimum Gasteiger partial charge on any atom is -0.455 e. The first-order valence-corrected chi connectivity index (χ1v) is 11.1. The predicted octanol–water partition coefficient (Wildman–Crippen LogP) is 3.23. The van der Waals surface area contributed by atoms with E-state index in [2.05, 4.69) is 26.1 Å². The topological polar surface area (TPSA) is 103 Å². The molecule has 2 aromatic heterocycles. The summed E-state index contributed by atoms with van der Waals surface area (Å²) < 4.78 is 37.3. The summed E-state index contributed by atoms with van der Waals surface area (Å²) in [4.78, 5) is 12.9. The number of hydrogen-bond donors (Lipinski definition) is 0. The smallest absolute Gasteiger partial charge is 0.321 e. The van der Waals surface area contributed by atoms with Crippen LogP contribution >= 0.6 is 27.3 Å². The minimum atomic E-state index is -3.79. The Bertz CT molecular complexity index is 1080. The van der Waals surface area contributed by atoms with Crippen LogP contribution in [0.5, 0.6) is 0 Å². The van der Waals surface area contributed by atoms with Crippen molar-refractivity contribution in [3.8, 4) is 10.8 Å². The van der Waals surface area contributed by atoms with Gasteiger partial charge < -0.3 is 9.15 Å². The third-order valence-electron chi connectivity index (χ3n) is 3.69. The summed E-state index contributed by atoms with van der Waals surface area (Å²) >= 11 is 4.78. The summed E-state index contributed by atoms with van der Waals surface area (Å²) in [5, 5.41) is 7.72. The molecule has 8 nitrogen and oxygen atoms in total. The molecular weight excluding hydrogens is 470 g/mol. The van der Waals surface area contributed by atoms with Gasteiger partial charge in [0, 0.05) is 7.05 Å². The number of aromatic nitrogens is 2. The average molecular weight is 486 g/mol. The SMILES string of the molecule is Cc1ccc(S(=O)(=O)N(C)CC(=O)OCc2nnc(-c3ccc(Br)s3)o2)cc1. The van der Waals surface area contributed by atoms with Gasteiger partial charge in [-0.25, -0.2) is 8.42 Å². The maximum absolute atomic E-state index is 12.5. The Kier molecular flexibility index (Phi) is 6.28. The zero-order chi connectivity index (χ0) is 20.3. The Balaban J connectivity index is 1.57. The molecule has 0 saturated carbocycles. The second-order valence-electron chi connectivity index (χ2n) is 5.84. The fraction of sp³-hybridized carbons (Fsp3) is 0.235. The number of sulfonamides is 1. The van der Waals surface area contributed by atoms with E-state index in [1.54, 1.807) is 12.1 Å². The van der Waals surface area contributed by atoms with E-state index in [0.717, 1.165) is 18.5 Å². The lowest BCUT2D eigenvalue weighted by molar-refractivity contribution is -0.145. The largest absolute Gasteiger partial charge is 0.455 e. The van der Waals surface area contributed by atoms with Crippen molar-refractivity contribution in [2.45, 2.75) is 18.4 Å². The second-order valence-corrected chi connectivity index (χ2v) is 10.3. The van der Waals surface area contributed by atoms with Crippen molar-refractivity contribution in [3.63, 3.8) is 0 Å². The van der Waals surface area contributed by atoms with E-state index >= 15 is 0 Å². The summed E-state index contributed by atoms with van der Waals surface area (Å²) in [6.45, 7) is 1.18. The molecule has 0 amide bonds. The molecule has 0 aliphatic carbocycles. The number of rotatable bonds is 7. The zero-order valence-corrected chi connectivity index (χ0v) is 18.2. The first kappa shape index (κ1) is 20.6. The van der Waals surface area contributed by atoms with Gasteiger partial charge in [-0.15, -0.1) is 21.5 Å². The molecule has 148 valence electrons. The number of likely N-dealkylation sites (N-methyl/N-ethyl adjacent to an activating group) is 1. The lowest BCUT2D eigenvalue weighted by atomic mass is 10.2. The van der Waals surface area contributed by atoms with Gasteiger partial charge >= 0.3 is 5.97 Å². The molecule has 0 bridgehead atoms. The van der Waals surface area contributed by atoms with Crippen molar-refractivity contribution in [3.05, 3.63) is 51.6 Å². The lowest BCUT2D eigenvalue weighted by Gasteiger charge is -2.16. The summed E-state index contributed by atoms with van der Waals surface area (Å²) in [7, 11) is -2.47. The van der Waals surface area contributed by atoms with Crippen LogP contribution in [0.15, 0.2) is 49.5 Å². The normalized spacial score (nSPS) is 11.7. The van der Waals surface area contributed by atoms with E-state index in [4.69, 9.17) is 9.15 Å². The van der Waals surface area contributed by atoms with Crippen LogP contribution in [0.2, 0.25) is 0 Å². The van der Waals surface area contributed by atoms with Crippen LogP contribution in [0.1, 0.15) is 11.5 Å². The summed E-state index contributed by atoms with van der Waals surface area (Å²) in [6.07, 6.45) is 0. The number of carbonyl (C=O) groups excluding carboxylic acids is 1. The number of nitrogens with zero attached hydrogens (tertiary/aromatic N) is 3. The van der Waals surface area contributed by atoms with Crippen molar-refractivity contribution in [1.82, 2.24) is 14.5 Å². The maximum atomic E-state index is 12.5. The molecular formula is C17H16BrN3O5S2. The number of thiophene rings is 1. The molecule has 0 N–H and O–H groups in total. The highest BCUT2D eigenvalue weighted by molar-refractivity contribution is 9.11. The highest BCUT2D eigenvalue weighted by Crippen LogP contribution is 2.30. The standard InChI is InChI=1S/C17H16BrN3O5S2/c1-11-3-5-12(6-4-11)28(23,24)21(2)9-16(22)25-10-15-19-20-17(26-15)13-7-8-14(18)27-13/h3-8H,9-10H2,1-2H3. The van der Waals surface area contributed by atoms with E-state index in [1.165, 1.54) is 30.5 Å². The zero-order valence-electron chi connectivity index (χ0n) is 15.0. The molecule has 11 heteroatoms. The Morgan fingerprint density at radius 1 is 1.21 bits per heavy atom. The molecule has 28 heavy (non-hydrogen) atoms. The molecule has 3 rings (SSSR count).